The van der Waals surface area contributed by atoms with Gasteiger partial charge in [0, 0.05) is 30.4 Å². The summed E-state index contributed by atoms with van der Waals surface area (Å²) in [7, 11) is 0. The summed E-state index contributed by atoms with van der Waals surface area (Å²) in [6.45, 7) is 9.81. The van der Waals surface area contributed by atoms with Gasteiger partial charge in [0.1, 0.15) is 5.39 Å². The van der Waals surface area contributed by atoms with Crippen molar-refractivity contribution in [3.05, 3.63) is 56.7 Å². The highest BCUT2D eigenvalue weighted by Gasteiger charge is 2.26. The van der Waals surface area contributed by atoms with E-state index >= 15 is 0 Å². The van der Waals surface area contributed by atoms with Crippen LogP contribution in [0.1, 0.15) is 44.5 Å². The molecule has 0 aliphatic carbocycles. The minimum absolute atomic E-state index is 0.228. The molecule has 0 atom stereocenters. The third-order valence-corrected chi connectivity index (χ3v) is 6.61. The maximum atomic E-state index is 14.7. The summed E-state index contributed by atoms with van der Waals surface area (Å²) in [4.78, 5) is 26.5. The maximum absolute atomic E-state index is 14.7. The van der Waals surface area contributed by atoms with E-state index in [1.54, 1.807) is 4.68 Å². The number of hydrogen-bond donors (Lipinski definition) is 2. The van der Waals surface area contributed by atoms with Gasteiger partial charge in [-0.25, -0.2) is 19.3 Å². The van der Waals surface area contributed by atoms with Gasteiger partial charge in [0.05, 0.1) is 5.69 Å². The molecule has 4 heterocycles. The van der Waals surface area contributed by atoms with Gasteiger partial charge < -0.3 is 10.6 Å². The van der Waals surface area contributed by atoms with Crippen LogP contribution in [-0.2, 0) is 24.9 Å². The van der Waals surface area contributed by atoms with Crippen molar-refractivity contribution in [1.29, 1.82) is 0 Å². The maximum Gasteiger partial charge on any atom is 0.278 e. The molecule has 0 fully saturated rings. The normalized spacial score (nSPS) is 14.0. The number of halogens is 1. The highest BCUT2D eigenvalue weighted by molar-refractivity contribution is 7.12. The van der Waals surface area contributed by atoms with Crippen molar-refractivity contribution in [2.24, 2.45) is 0 Å². The molecule has 0 saturated heterocycles. The van der Waals surface area contributed by atoms with Crippen LogP contribution >= 0.6 is 11.3 Å². The Bertz CT molecular complexity index is 1410. The van der Waals surface area contributed by atoms with E-state index in [0.29, 0.717) is 34.4 Å². The number of aromatic nitrogens is 5. The topological polar surface area (TPSA) is 89.7 Å². The van der Waals surface area contributed by atoms with Crippen molar-refractivity contribution < 1.29 is 4.39 Å². The average Bonchev–Trinajstić information content (AvgIpc) is 3.30. The van der Waals surface area contributed by atoms with Gasteiger partial charge in [-0.1, -0.05) is 38.2 Å². The molecule has 10 heteroatoms. The molecule has 0 radical (unpaired) electrons. The second-order valence-corrected chi connectivity index (χ2v) is 10.1. The van der Waals surface area contributed by atoms with Crippen LogP contribution < -0.4 is 16.2 Å². The fraction of sp³-hybridized carbons (Fsp3) is 0.391. The summed E-state index contributed by atoms with van der Waals surface area (Å²) in [5.74, 6) is 0.367. The molecular formula is C23H26FN7OS. The Kier molecular flexibility index (Phi) is 5.29. The highest BCUT2D eigenvalue weighted by Crippen LogP contribution is 2.31. The summed E-state index contributed by atoms with van der Waals surface area (Å²) in [5, 5.41) is 7.01. The highest BCUT2D eigenvalue weighted by atomic mass is 32.1. The van der Waals surface area contributed by atoms with Gasteiger partial charge in [0.25, 0.3) is 5.56 Å². The molecule has 3 aromatic heterocycles. The van der Waals surface area contributed by atoms with Gasteiger partial charge in [0.15, 0.2) is 5.65 Å². The van der Waals surface area contributed by atoms with Crippen molar-refractivity contribution in [3.63, 3.8) is 0 Å². The smallest absolute Gasteiger partial charge is 0.278 e. The number of anilines is 2. The second kappa shape index (κ2) is 8.03. The van der Waals surface area contributed by atoms with E-state index in [2.05, 4.69) is 37.7 Å². The van der Waals surface area contributed by atoms with Crippen LogP contribution in [0.3, 0.4) is 0 Å². The number of rotatable bonds is 4. The summed E-state index contributed by atoms with van der Waals surface area (Å²) in [6, 6.07) is 6.20. The molecule has 0 amide bonds. The van der Waals surface area contributed by atoms with Crippen molar-refractivity contribution in [2.45, 2.75) is 52.6 Å². The molecule has 0 spiro atoms. The lowest BCUT2D eigenvalue weighted by molar-refractivity contribution is 0.517. The first-order valence-corrected chi connectivity index (χ1v) is 11.8. The van der Waals surface area contributed by atoms with Crippen LogP contribution in [0.5, 0.6) is 0 Å². The Morgan fingerprint density at radius 1 is 1.24 bits per heavy atom. The summed E-state index contributed by atoms with van der Waals surface area (Å²) >= 11 is 0.916. The predicted octanol–water partition coefficient (Wildman–Crippen LogP) is 3.88. The summed E-state index contributed by atoms with van der Waals surface area (Å²) < 4.78 is 17.9. The van der Waals surface area contributed by atoms with Crippen molar-refractivity contribution >= 4 is 34.0 Å². The Morgan fingerprint density at radius 3 is 2.79 bits per heavy atom. The van der Waals surface area contributed by atoms with Gasteiger partial charge in [-0.3, -0.25) is 4.79 Å². The molecule has 0 unspecified atom stereocenters. The zero-order valence-corrected chi connectivity index (χ0v) is 19.9. The van der Waals surface area contributed by atoms with Gasteiger partial charge in [-0.2, -0.15) is 9.37 Å². The number of fused-ring (bicyclic) bond motifs is 2. The predicted molar refractivity (Wildman–Crippen MR) is 128 cm³/mol. The molecule has 0 saturated carbocycles. The molecule has 2 N–H and O–H groups in total. The molecule has 172 valence electrons. The summed E-state index contributed by atoms with van der Waals surface area (Å²) in [6.07, 6.45) is 2.49. The second-order valence-electron chi connectivity index (χ2n) is 9.17. The molecule has 8 nitrogen and oxygen atoms in total. The molecule has 4 aromatic rings. The Labute approximate surface area is 194 Å². The van der Waals surface area contributed by atoms with Crippen LogP contribution in [0.2, 0.25) is 0 Å². The van der Waals surface area contributed by atoms with Crippen LogP contribution in [0, 0.1) is 5.13 Å². The number of thiazole rings is 1. The molecule has 5 rings (SSSR count). The van der Waals surface area contributed by atoms with Crippen molar-refractivity contribution in [1.82, 2.24) is 29.6 Å². The molecule has 0 bridgehead atoms. The fourth-order valence-corrected chi connectivity index (χ4v) is 5.11. The van der Waals surface area contributed by atoms with E-state index in [1.807, 2.05) is 33.8 Å². The van der Waals surface area contributed by atoms with E-state index in [0.717, 1.165) is 36.5 Å². The number of nitrogens with zero attached hydrogens (tertiary/aromatic N) is 5. The number of hydrogen-bond acceptors (Lipinski definition) is 7. The van der Waals surface area contributed by atoms with E-state index < -0.39 is 5.41 Å². The summed E-state index contributed by atoms with van der Waals surface area (Å²) in [5.41, 5.74) is 3.55. The lowest BCUT2D eigenvalue weighted by Crippen LogP contribution is -2.23. The Hall–Kier alpha value is -3.11. The first-order valence-electron chi connectivity index (χ1n) is 11.0. The zero-order chi connectivity index (χ0) is 23.3. The number of nitrogens with one attached hydrogen (secondary N) is 2. The van der Waals surface area contributed by atoms with E-state index in [1.165, 1.54) is 22.0 Å². The van der Waals surface area contributed by atoms with Crippen LogP contribution in [0.15, 0.2) is 29.2 Å². The number of benzene rings is 1. The first-order chi connectivity index (χ1) is 15.8. The standard InChI is InChI=1S/C23H26FN7OS/c1-5-30-20(32)16-12-26-21(27-15-7-6-14-11-25-9-8-13(14)10-15)29-19(16)31(30)22-28-17(18(24)33-22)23(2,3)4/h6-7,10,12,25H,5,8-9,11H2,1-4H3,(H,26,27,29). The lowest BCUT2D eigenvalue weighted by atomic mass is 9.93. The molecular weight excluding hydrogens is 441 g/mol. The first kappa shape index (κ1) is 21.7. The average molecular weight is 468 g/mol. The molecule has 1 aliphatic rings. The SMILES string of the molecule is CCn1c(=O)c2cnc(Nc3ccc4c(c3)CCNC4)nc2n1-c1nc(C(C)(C)C)c(F)s1. The largest absolute Gasteiger partial charge is 0.324 e. The van der Waals surface area contributed by atoms with Crippen molar-refractivity contribution in [2.75, 3.05) is 11.9 Å². The zero-order valence-electron chi connectivity index (χ0n) is 19.1. The van der Waals surface area contributed by atoms with Gasteiger partial charge >= 0.3 is 0 Å². The fourth-order valence-electron chi connectivity index (χ4n) is 4.10. The Morgan fingerprint density at radius 2 is 2.06 bits per heavy atom. The molecule has 33 heavy (non-hydrogen) atoms. The van der Waals surface area contributed by atoms with Gasteiger partial charge in [-0.15, -0.1) is 0 Å². The minimum Gasteiger partial charge on any atom is -0.324 e. The van der Waals surface area contributed by atoms with Crippen LogP contribution in [0.25, 0.3) is 16.2 Å². The van der Waals surface area contributed by atoms with Gasteiger partial charge in [-0.05, 0) is 43.1 Å². The quantitative estimate of drug-likeness (QED) is 0.473. The molecule has 1 aromatic carbocycles. The van der Waals surface area contributed by atoms with Crippen molar-refractivity contribution in [3.8, 4) is 5.13 Å². The van der Waals surface area contributed by atoms with E-state index in [4.69, 9.17) is 0 Å². The van der Waals surface area contributed by atoms with E-state index in [9.17, 15) is 9.18 Å². The Balaban J connectivity index is 1.60. The third kappa shape index (κ3) is 3.83. The van der Waals surface area contributed by atoms with Crippen LogP contribution in [0.4, 0.5) is 16.0 Å². The molecule has 1 aliphatic heterocycles. The van der Waals surface area contributed by atoms with E-state index in [-0.39, 0.29) is 10.7 Å². The lowest BCUT2D eigenvalue weighted by Gasteiger charge is -2.18. The third-order valence-electron chi connectivity index (χ3n) is 5.79. The van der Waals surface area contributed by atoms with Gasteiger partial charge in [0.2, 0.25) is 16.2 Å². The van der Waals surface area contributed by atoms with Crippen LogP contribution in [-0.4, -0.2) is 30.9 Å². The minimum atomic E-state index is -0.456. The monoisotopic (exact) mass is 467 g/mol.